The fourth-order valence-corrected chi connectivity index (χ4v) is 2.85. The summed E-state index contributed by atoms with van der Waals surface area (Å²) in [6, 6.07) is 1.61. The molecule has 112 valence electrons. The number of carboxylic acid groups (broad SMARTS) is 1. The molecule has 21 heavy (non-hydrogen) atoms. The molecule has 0 radical (unpaired) electrons. The Kier molecular flexibility index (Phi) is 3.95. The number of aromatic nitrogens is 4. The zero-order valence-electron chi connectivity index (χ0n) is 10.6. The van der Waals surface area contributed by atoms with Crippen molar-refractivity contribution < 1.29 is 22.7 Å². The molecule has 1 unspecified atom stereocenters. The highest BCUT2D eigenvalue weighted by atomic mass is 32.2. The minimum Gasteiger partial charge on any atom is -0.478 e. The highest BCUT2D eigenvalue weighted by molar-refractivity contribution is 7.89. The molecule has 1 atom stereocenters. The summed E-state index contributed by atoms with van der Waals surface area (Å²) in [7, 11) is -4.28. The topological polar surface area (TPSA) is 138 Å². The van der Waals surface area contributed by atoms with Crippen molar-refractivity contribution in [2.45, 2.75) is 17.9 Å². The molecule has 0 aliphatic rings. The first-order chi connectivity index (χ1) is 9.81. The van der Waals surface area contributed by atoms with Gasteiger partial charge in [0.15, 0.2) is 5.82 Å². The Morgan fingerprint density at radius 3 is 2.76 bits per heavy atom. The van der Waals surface area contributed by atoms with Crippen LogP contribution in [0, 0.1) is 5.82 Å². The molecule has 2 aromatic rings. The van der Waals surface area contributed by atoms with E-state index in [0.29, 0.717) is 0 Å². The molecule has 2 rings (SSSR count). The van der Waals surface area contributed by atoms with Crippen LogP contribution in [0.15, 0.2) is 23.1 Å². The van der Waals surface area contributed by atoms with Gasteiger partial charge in [0.1, 0.15) is 10.7 Å². The Morgan fingerprint density at radius 1 is 1.48 bits per heavy atom. The lowest BCUT2D eigenvalue weighted by atomic mass is 10.2. The van der Waals surface area contributed by atoms with Crippen LogP contribution in [0.1, 0.15) is 29.1 Å². The summed E-state index contributed by atoms with van der Waals surface area (Å²) in [5.41, 5.74) is -0.344. The van der Waals surface area contributed by atoms with E-state index in [1.54, 1.807) is 0 Å². The second-order valence-electron chi connectivity index (χ2n) is 4.06. The molecular weight excluding hydrogens is 305 g/mol. The van der Waals surface area contributed by atoms with Crippen LogP contribution >= 0.6 is 0 Å². The smallest absolute Gasteiger partial charge is 0.335 e. The number of rotatable bonds is 5. The fraction of sp³-hybridized carbons (Fsp3) is 0.200. The summed E-state index contributed by atoms with van der Waals surface area (Å²) < 4.78 is 40.0. The first-order valence-electron chi connectivity index (χ1n) is 5.60. The van der Waals surface area contributed by atoms with Gasteiger partial charge in [-0.15, -0.1) is 10.2 Å². The number of carbonyl (C=O) groups is 1. The molecule has 9 nitrogen and oxygen atoms in total. The molecule has 0 bridgehead atoms. The molecule has 1 heterocycles. The number of carboxylic acids is 1. The van der Waals surface area contributed by atoms with Gasteiger partial charge in [0.05, 0.1) is 11.6 Å². The van der Waals surface area contributed by atoms with Gasteiger partial charge < -0.3 is 5.11 Å². The molecule has 1 aromatic heterocycles. The molecule has 1 aromatic carbocycles. The van der Waals surface area contributed by atoms with E-state index in [1.807, 2.05) is 0 Å². The minimum atomic E-state index is -4.28. The van der Waals surface area contributed by atoms with Crippen LogP contribution in [-0.2, 0) is 10.0 Å². The molecule has 0 amide bonds. The van der Waals surface area contributed by atoms with E-state index in [-0.39, 0.29) is 11.4 Å². The summed E-state index contributed by atoms with van der Waals surface area (Å²) in [5.74, 6) is -2.36. The van der Waals surface area contributed by atoms with Gasteiger partial charge in [0, 0.05) is 0 Å². The predicted molar refractivity (Wildman–Crippen MR) is 66.3 cm³/mol. The lowest BCUT2D eigenvalue weighted by molar-refractivity contribution is 0.0696. The number of nitrogens with zero attached hydrogens (tertiary/aromatic N) is 3. The van der Waals surface area contributed by atoms with Crippen molar-refractivity contribution in [3.05, 3.63) is 35.4 Å². The maximum absolute atomic E-state index is 13.7. The van der Waals surface area contributed by atoms with E-state index in [2.05, 4.69) is 25.3 Å². The van der Waals surface area contributed by atoms with Gasteiger partial charge in [-0.1, -0.05) is 5.21 Å². The summed E-state index contributed by atoms with van der Waals surface area (Å²) in [6.07, 6.45) is 0. The van der Waals surface area contributed by atoms with Gasteiger partial charge in [-0.2, -0.15) is 5.21 Å². The number of sulfonamides is 1. The Hall–Kier alpha value is -2.40. The van der Waals surface area contributed by atoms with Gasteiger partial charge in [-0.05, 0) is 25.1 Å². The van der Waals surface area contributed by atoms with Crippen LogP contribution < -0.4 is 4.72 Å². The molecule has 0 aliphatic heterocycles. The normalized spacial score (nSPS) is 13.0. The summed E-state index contributed by atoms with van der Waals surface area (Å²) in [6.45, 7) is 1.43. The maximum Gasteiger partial charge on any atom is 0.335 e. The number of H-pyrrole nitrogens is 1. The highest BCUT2D eigenvalue weighted by Crippen LogP contribution is 2.19. The van der Waals surface area contributed by atoms with Gasteiger partial charge >= 0.3 is 5.97 Å². The van der Waals surface area contributed by atoms with Crippen molar-refractivity contribution in [1.29, 1.82) is 0 Å². The first-order valence-corrected chi connectivity index (χ1v) is 7.08. The third kappa shape index (κ3) is 3.20. The number of aromatic amines is 1. The van der Waals surface area contributed by atoms with Crippen LogP contribution in [-0.4, -0.2) is 40.1 Å². The van der Waals surface area contributed by atoms with Gasteiger partial charge in [0.25, 0.3) is 0 Å². The Morgan fingerprint density at radius 2 is 2.19 bits per heavy atom. The van der Waals surface area contributed by atoms with Gasteiger partial charge in [-0.3, -0.25) is 0 Å². The van der Waals surface area contributed by atoms with E-state index in [1.165, 1.54) is 6.92 Å². The maximum atomic E-state index is 13.7. The number of benzene rings is 1. The third-order valence-electron chi connectivity index (χ3n) is 2.55. The van der Waals surface area contributed by atoms with Crippen molar-refractivity contribution >= 4 is 16.0 Å². The van der Waals surface area contributed by atoms with Crippen molar-refractivity contribution in [2.24, 2.45) is 0 Å². The second kappa shape index (κ2) is 5.54. The quantitative estimate of drug-likeness (QED) is 0.710. The number of nitrogens with one attached hydrogen (secondary N) is 2. The number of tetrazole rings is 1. The SMILES string of the molecule is CC(NS(=O)(=O)c1cc(C(=O)O)ccc1F)c1nn[nH]n1. The standard InChI is InChI=1S/C10H10FN5O4S/c1-5(9-12-15-16-13-9)14-21(19,20)8-4-6(10(17)18)2-3-7(8)11/h2-5,14H,1H3,(H,17,18)(H,12,13,15,16). The average molecular weight is 315 g/mol. The van der Waals surface area contributed by atoms with Crippen molar-refractivity contribution in [2.75, 3.05) is 0 Å². The molecule has 3 N–H and O–H groups in total. The summed E-state index contributed by atoms with van der Waals surface area (Å²) in [5, 5.41) is 21.5. The van der Waals surface area contributed by atoms with E-state index in [0.717, 1.165) is 18.2 Å². The van der Waals surface area contributed by atoms with Crippen LogP contribution in [0.2, 0.25) is 0 Å². The molecular formula is C10H10FN5O4S. The summed E-state index contributed by atoms with van der Waals surface area (Å²) in [4.78, 5) is 10.1. The molecule has 0 fully saturated rings. The van der Waals surface area contributed by atoms with E-state index >= 15 is 0 Å². The van der Waals surface area contributed by atoms with Gasteiger partial charge in [-0.25, -0.2) is 22.3 Å². The van der Waals surface area contributed by atoms with Gasteiger partial charge in [0.2, 0.25) is 10.0 Å². The Balaban J connectivity index is 2.35. The minimum absolute atomic E-state index is 0.0633. The second-order valence-corrected chi connectivity index (χ2v) is 5.75. The van der Waals surface area contributed by atoms with Crippen molar-refractivity contribution in [3.63, 3.8) is 0 Å². The molecule has 0 saturated heterocycles. The number of halogens is 1. The lowest BCUT2D eigenvalue weighted by Crippen LogP contribution is -2.28. The zero-order chi connectivity index (χ0) is 15.6. The molecule has 11 heteroatoms. The third-order valence-corrected chi connectivity index (χ3v) is 4.10. The van der Waals surface area contributed by atoms with Crippen molar-refractivity contribution in [1.82, 2.24) is 25.3 Å². The molecule has 0 saturated carbocycles. The summed E-state index contributed by atoms with van der Waals surface area (Å²) >= 11 is 0. The Labute approximate surface area is 118 Å². The zero-order valence-corrected chi connectivity index (χ0v) is 11.4. The van der Waals surface area contributed by atoms with E-state index in [4.69, 9.17) is 5.11 Å². The van der Waals surface area contributed by atoms with Crippen LogP contribution in [0.5, 0.6) is 0 Å². The van der Waals surface area contributed by atoms with E-state index in [9.17, 15) is 17.6 Å². The van der Waals surface area contributed by atoms with Crippen LogP contribution in [0.25, 0.3) is 0 Å². The Bertz CT molecular complexity index is 762. The number of hydrogen-bond donors (Lipinski definition) is 3. The first kappa shape index (κ1) is 15.0. The molecule has 0 aliphatic carbocycles. The molecule has 0 spiro atoms. The monoisotopic (exact) mass is 315 g/mol. The fourth-order valence-electron chi connectivity index (χ4n) is 1.54. The number of hydrogen-bond acceptors (Lipinski definition) is 6. The number of aromatic carboxylic acids is 1. The highest BCUT2D eigenvalue weighted by Gasteiger charge is 2.25. The predicted octanol–water partition coefficient (Wildman–Crippen LogP) is 0.0765. The van der Waals surface area contributed by atoms with Crippen molar-refractivity contribution in [3.8, 4) is 0 Å². The van der Waals surface area contributed by atoms with Crippen LogP contribution in [0.4, 0.5) is 4.39 Å². The lowest BCUT2D eigenvalue weighted by Gasteiger charge is -2.11. The average Bonchev–Trinajstić information content (AvgIpc) is 2.92. The van der Waals surface area contributed by atoms with Crippen LogP contribution in [0.3, 0.4) is 0 Å². The van der Waals surface area contributed by atoms with E-state index < -0.39 is 32.7 Å². The largest absolute Gasteiger partial charge is 0.478 e.